The van der Waals surface area contributed by atoms with Crippen molar-refractivity contribution in [2.24, 2.45) is 10.8 Å². The SMILES string of the molecule is CCC1(CC)Cc2cc3cc[c-](CC(C)(C)C)c3cc2C1.[Hf]. The van der Waals surface area contributed by atoms with Gasteiger partial charge in [0.25, 0.3) is 0 Å². The van der Waals surface area contributed by atoms with Gasteiger partial charge in [0.05, 0.1) is 0 Å². The van der Waals surface area contributed by atoms with Gasteiger partial charge in [-0.3, -0.25) is 0 Å². The molecule has 0 nitrogen and oxygen atoms in total. The molecule has 0 saturated heterocycles. The van der Waals surface area contributed by atoms with Crippen LogP contribution in [0, 0.1) is 10.8 Å². The number of benzene rings is 1. The second-order valence-corrected chi connectivity index (χ2v) is 8.36. The predicted octanol–water partition coefficient (Wildman–Crippen LogP) is 6.05. The van der Waals surface area contributed by atoms with Crippen molar-refractivity contribution in [2.75, 3.05) is 0 Å². The van der Waals surface area contributed by atoms with Crippen LogP contribution >= 0.6 is 0 Å². The molecule has 0 fully saturated rings. The van der Waals surface area contributed by atoms with Gasteiger partial charge in [-0.1, -0.05) is 52.2 Å². The number of hydrogen-bond donors (Lipinski definition) is 0. The maximum Gasteiger partial charge on any atom is 0 e. The molecule has 2 aromatic rings. The summed E-state index contributed by atoms with van der Waals surface area (Å²) in [5.74, 6) is 0. The van der Waals surface area contributed by atoms with Crippen LogP contribution in [0.15, 0.2) is 24.3 Å². The first kappa shape index (κ1) is 18.0. The van der Waals surface area contributed by atoms with Crippen molar-refractivity contribution in [3.05, 3.63) is 41.0 Å². The van der Waals surface area contributed by atoms with E-state index >= 15 is 0 Å². The van der Waals surface area contributed by atoms with Gasteiger partial charge in [0.2, 0.25) is 0 Å². The van der Waals surface area contributed by atoms with Crippen LogP contribution in [0.5, 0.6) is 0 Å². The zero-order valence-electron chi connectivity index (χ0n) is 14.8. The smallest absolute Gasteiger partial charge is 0 e. The van der Waals surface area contributed by atoms with Crippen molar-refractivity contribution < 1.29 is 25.8 Å². The van der Waals surface area contributed by atoms with E-state index in [1.165, 1.54) is 48.4 Å². The van der Waals surface area contributed by atoms with Crippen LogP contribution in [0.1, 0.15) is 64.2 Å². The van der Waals surface area contributed by atoms with Crippen molar-refractivity contribution in [3.8, 4) is 0 Å². The molecule has 0 spiro atoms. The molecule has 118 valence electrons. The van der Waals surface area contributed by atoms with Gasteiger partial charge >= 0.3 is 0 Å². The van der Waals surface area contributed by atoms with Crippen LogP contribution in [0.25, 0.3) is 10.8 Å². The summed E-state index contributed by atoms with van der Waals surface area (Å²) < 4.78 is 0. The van der Waals surface area contributed by atoms with Gasteiger partial charge < -0.3 is 0 Å². The Balaban J connectivity index is 0.00000176. The molecular weight excluding hydrogens is 431 g/mol. The Morgan fingerprint density at radius 2 is 1.64 bits per heavy atom. The van der Waals surface area contributed by atoms with E-state index < -0.39 is 0 Å². The second-order valence-electron chi connectivity index (χ2n) is 8.36. The fraction of sp³-hybridized carbons (Fsp3) is 0.571. The Hall–Kier alpha value is -0.300. The second kappa shape index (κ2) is 6.30. The standard InChI is InChI=1S/C21H29.Hf/c1-6-21(7-2)13-17-10-15-8-9-16(12-20(3,4)5)19(15)11-18(17)14-21;/h8-11H,6-7,12-14H2,1-5H3;/q-1;. The third-order valence-electron chi connectivity index (χ3n) is 5.53. The maximum atomic E-state index is 2.51. The summed E-state index contributed by atoms with van der Waals surface area (Å²) in [6, 6.07) is 9.66. The quantitative estimate of drug-likeness (QED) is 0.387. The van der Waals surface area contributed by atoms with Crippen LogP contribution in [0.2, 0.25) is 0 Å². The molecule has 0 atom stereocenters. The van der Waals surface area contributed by atoms with Crippen molar-refractivity contribution >= 4 is 10.8 Å². The molecule has 0 radical (unpaired) electrons. The normalized spacial score (nSPS) is 16.6. The van der Waals surface area contributed by atoms with Crippen LogP contribution in [-0.2, 0) is 45.1 Å². The van der Waals surface area contributed by atoms with Gasteiger partial charge in [-0.25, -0.2) is 0 Å². The third kappa shape index (κ3) is 3.30. The first-order valence-corrected chi connectivity index (χ1v) is 8.56. The summed E-state index contributed by atoms with van der Waals surface area (Å²) in [5.41, 5.74) is 5.65. The molecule has 0 aromatic heterocycles. The van der Waals surface area contributed by atoms with Crippen molar-refractivity contribution in [2.45, 2.75) is 66.7 Å². The summed E-state index contributed by atoms with van der Waals surface area (Å²) in [4.78, 5) is 0. The minimum absolute atomic E-state index is 0. The topological polar surface area (TPSA) is 0 Å². The van der Waals surface area contributed by atoms with Gasteiger partial charge in [0.1, 0.15) is 0 Å². The molecule has 1 aliphatic rings. The van der Waals surface area contributed by atoms with E-state index in [0.717, 1.165) is 0 Å². The molecule has 0 amide bonds. The van der Waals surface area contributed by atoms with Crippen LogP contribution in [0.4, 0.5) is 0 Å². The van der Waals surface area contributed by atoms with Gasteiger partial charge in [0.15, 0.2) is 0 Å². The van der Waals surface area contributed by atoms with E-state index in [9.17, 15) is 0 Å². The molecule has 3 rings (SSSR count). The van der Waals surface area contributed by atoms with Crippen LogP contribution < -0.4 is 0 Å². The van der Waals surface area contributed by atoms with E-state index in [1.807, 2.05) is 0 Å². The predicted molar refractivity (Wildman–Crippen MR) is 93.1 cm³/mol. The molecule has 1 aliphatic carbocycles. The number of fused-ring (bicyclic) bond motifs is 2. The largest absolute Gasteiger partial charge is 0.168 e. The minimum Gasteiger partial charge on any atom is -0.168 e. The summed E-state index contributed by atoms with van der Waals surface area (Å²) in [6.45, 7) is 11.7. The molecule has 0 N–H and O–H groups in total. The van der Waals surface area contributed by atoms with Crippen LogP contribution in [0.3, 0.4) is 0 Å². The Kier molecular flexibility index (Phi) is 5.17. The summed E-state index contributed by atoms with van der Waals surface area (Å²) in [6.07, 6.45) is 6.34. The Morgan fingerprint density at radius 3 is 2.18 bits per heavy atom. The van der Waals surface area contributed by atoms with Crippen molar-refractivity contribution in [1.82, 2.24) is 0 Å². The Labute approximate surface area is 154 Å². The fourth-order valence-corrected chi connectivity index (χ4v) is 4.08. The van der Waals surface area contributed by atoms with Gasteiger partial charge in [0, 0.05) is 25.8 Å². The average Bonchev–Trinajstić information content (AvgIpc) is 2.96. The van der Waals surface area contributed by atoms with Gasteiger partial charge in [-0.15, -0.1) is 34.5 Å². The van der Waals surface area contributed by atoms with E-state index in [1.54, 1.807) is 11.1 Å². The van der Waals surface area contributed by atoms with E-state index in [2.05, 4.69) is 58.9 Å². The first-order chi connectivity index (χ1) is 9.86. The molecule has 0 bridgehead atoms. The van der Waals surface area contributed by atoms with E-state index in [0.29, 0.717) is 10.8 Å². The summed E-state index contributed by atoms with van der Waals surface area (Å²) >= 11 is 0. The van der Waals surface area contributed by atoms with Gasteiger partial charge in [-0.2, -0.15) is 6.07 Å². The molecule has 22 heavy (non-hydrogen) atoms. The molecule has 0 heterocycles. The average molecular weight is 460 g/mol. The monoisotopic (exact) mass is 461 g/mol. The van der Waals surface area contributed by atoms with E-state index in [4.69, 9.17) is 0 Å². The van der Waals surface area contributed by atoms with Gasteiger partial charge in [-0.05, 0) is 36.5 Å². The van der Waals surface area contributed by atoms with Crippen LogP contribution in [-0.4, -0.2) is 0 Å². The van der Waals surface area contributed by atoms with E-state index in [-0.39, 0.29) is 25.8 Å². The fourth-order valence-electron chi connectivity index (χ4n) is 4.08. The molecule has 1 heteroatoms. The molecule has 0 saturated carbocycles. The molecule has 0 aliphatic heterocycles. The zero-order chi connectivity index (χ0) is 15.3. The number of hydrogen-bond acceptors (Lipinski definition) is 0. The molecule has 2 aromatic carbocycles. The zero-order valence-corrected chi connectivity index (χ0v) is 18.4. The van der Waals surface area contributed by atoms with Crippen molar-refractivity contribution in [3.63, 3.8) is 0 Å². The Morgan fingerprint density at radius 1 is 1.05 bits per heavy atom. The summed E-state index contributed by atoms with van der Waals surface area (Å²) in [5, 5.41) is 2.96. The Bertz CT molecular complexity index is 650. The minimum atomic E-state index is 0. The maximum absolute atomic E-state index is 2.51. The summed E-state index contributed by atoms with van der Waals surface area (Å²) in [7, 11) is 0. The number of rotatable bonds is 3. The molecule has 0 unspecified atom stereocenters. The van der Waals surface area contributed by atoms with Crippen molar-refractivity contribution in [1.29, 1.82) is 0 Å². The first-order valence-electron chi connectivity index (χ1n) is 8.56. The molecular formula is C21H29Hf-. The third-order valence-corrected chi connectivity index (χ3v) is 5.53.